The number of nitrogens with one attached hydrogen (secondary N) is 1. The fourth-order valence-corrected chi connectivity index (χ4v) is 1.48. The zero-order chi connectivity index (χ0) is 8.10. The molecule has 0 heterocycles. The average molecular weight is 223 g/mol. The molecule has 0 saturated heterocycles. The van der Waals surface area contributed by atoms with Crippen LogP contribution in [-0.4, -0.2) is 55.7 Å². The zero-order valence-electron chi connectivity index (χ0n) is 6.78. The second-order valence-corrected chi connectivity index (χ2v) is 3.60. The predicted octanol–water partition coefficient (Wildman–Crippen LogP) is 1.15. The molecule has 0 fully saturated rings. The van der Waals surface area contributed by atoms with Crippen LogP contribution in [-0.2, 0) is 0 Å². The Morgan fingerprint density at radius 1 is 1.33 bits per heavy atom. The first-order valence-corrected chi connectivity index (χ1v) is 4.29. The molecule has 0 aliphatic heterocycles. The fourth-order valence-electron chi connectivity index (χ4n) is 0.625. The van der Waals surface area contributed by atoms with E-state index in [1.807, 2.05) is 30.3 Å². The summed E-state index contributed by atoms with van der Waals surface area (Å²) in [6.45, 7) is 0. The third-order valence-electron chi connectivity index (χ3n) is 1.07. The maximum atomic E-state index is 5.11. The van der Waals surface area contributed by atoms with Crippen molar-refractivity contribution >= 4 is 79.7 Å². The summed E-state index contributed by atoms with van der Waals surface area (Å²) in [5.41, 5.74) is 2.41. The third-order valence-corrected chi connectivity index (χ3v) is 2.25. The third kappa shape index (κ3) is 4.93. The molecule has 0 amide bonds. The number of hydrazine groups is 1. The summed E-state index contributed by atoms with van der Waals surface area (Å²) in [5, 5.41) is 0. The normalized spacial score (nSPS) is 8.42. The van der Waals surface area contributed by atoms with E-state index in [0.29, 0.717) is 4.32 Å². The number of thioether (sulfide) groups is 1. The van der Waals surface area contributed by atoms with Crippen LogP contribution >= 0.6 is 24.0 Å². The van der Waals surface area contributed by atoms with Gasteiger partial charge in [-0.15, -0.1) is 0 Å². The van der Waals surface area contributed by atoms with E-state index in [1.54, 1.807) is 0 Å². The molecule has 0 aliphatic rings. The van der Waals surface area contributed by atoms with Gasteiger partial charge < -0.3 is 5.43 Å². The Morgan fingerprint density at radius 2 is 1.92 bits per heavy atom. The van der Waals surface area contributed by atoms with E-state index >= 15 is 0 Å². The molecule has 0 saturated carbocycles. The van der Waals surface area contributed by atoms with Crippen molar-refractivity contribution in [1.82, 2.24) is 5.43 Å². The van der Waals surface area contributed by atoms with Gasteiger partial charge in [-0.3, -0.25) is 0 Å². The number of rotatable bonds is 1. The maximum absolute atomic E-state index is 5.11. The van der Waals surface area contributed by atoms with Gasteiger partial charge in [0.05, 0.1) is 0 Å². The summed E-state index contributed by atoms with van der Waals surface area (Å²) in [7, 11) is 0. The van der Waals surface area contributed by atoms with E-state index in [0.717, 1.165) is 4.90 Å². The van der Waals surface area contributed by atoms with E-state index in [4.69, 9.17) is 18.1 Å². The maximum Gasteiger partial charge on any atom is 0.152 e. The Morgan fingerprint density at radius 3 is 2.42 bits per heavy atom. The first-order valence-electron chi connectivity index (χ1n) is 3.06. The molecule has 59 valence electrons. The zero-order valence-corrected chi connectivity index (χ0v) is 11.5. The number of benzene rings is 1. The van der Waals surface area contributed by atoms with Gasteiger partial charge in [-0.25, -0.2) is 5.84 Å². The van der Waals surface area contributed by atoms with Crippen molar-refractivity contribution < 1.29 is 0 Å². The van der Waals surface area contributed by atoms with Crippen LogP contribution in [0.2, 0.25) is 0 Å². The average Bonchev–Trinajstić information content (AvgIpc) is 2.06. The Balaban J connectivity index is 0.00000121. The monoisotopic (exact) mass is 223 g/mol. The van der Waals surface area contributed by atoms with Crippen LogP contribution in [0.1, 0.15) is 0 Å². The van der Waals surface area contributed by atoms with Gasteiger partial charge in [0.15, 0.2) is 4.32 Å². The van der Waals surface area contributed by atoms with Crippen molar-refractivity contribution in [3.8, 4) is 0 Å². The van der Waals surface area contributed by atoms with Crippen LogP contribution in [0.5, 0.6) is 0 Å². The van der Waals surface area contributed by atoms with Gasteiger partial charge in [-0.1, -0.05) is 42.2 Å². The van der Waals surface area contributed by atoms with Crippen molar-refractivity contribution in [3.05, 3.63) is 30.3 Å². The van der Waals surface area contributed by atoms with Gasteiger partial charge in [-0.05, 0) is 12.1 Å². The van der Waals surface area contributed by atoms with Crippen molar-refractivity contribution in [2.75, 3.05) is 0 Å². The van der Waals surface area contributed by atoms with Gasteiger partial charge in [0.2, 0.25) is 0 Å². The minimum absolute atomic E-state index is 0. The smallest absolute Gasteiger partial charge is 0.152 e. The summed E-state index contributed by atoms with van der Waals surface area (Å²) in [5.74, 6) is 5.11. The van der Waals surface area contributed by atoms with Crippen molar-refractivity contribution in [3.63, 3.8) is 0 Å². The first-order chi connectivity index (χ1) is 5.33. The Hall–Kier alpha value is 1.06. The first kappa shape index (κ1) is 13.1. The summed E-state index contributed by atoms with van der Waals surface area (Å²) in [6.07, 6.45) is 0. The van der Waals surface area contributed by atoms with Crippen LogP contribution in [0.25, 0.3) is 0 Å². The van der Waals surface area contributed by atoms with Crippen molar-refractivity contribution in [1.29, 1.82) is 0 Å². The minimum Gasteiger partial charge on any atom is -0.309 e. The van der Waals surface area contributed by atoms with E-state index in [-0.39, 0.29) is 51.4 Å². The van der Waals surface area contributed by atoms with Gasteiger partial charge in [0.25, 0.3) is 0 Å². The molecule has 12 heavy (non-hydrogen) atoms. The van der Waals surface area contributed by atoms with Crippen LogP contribution in [0, 0.1) is 0 Å². The molecule has 0 atom stereocenters. The quantitative estimate of drug-likeness (QED) is 0.246. The topological polar surface area (TPSA) is 38.0 Å². The van der Waals surface area contributed by atoms with Crippen LogP contribution < -0.4 is 11.3 Å². The molecule has 0 bridgehead atoms. The molecule has 0 spiro atoms. The van der Waals surface area contributed by atoms with Gasteiger partial charge in [0, 0.05) is 56.3 Å². The second-order valence-electron chi connectivity index (χ2n) is 1.85. The summed E-state index contributed by atoms with van der Waals surface area (Å²) < 4.78 is 0.580. The SMILES string of the molecule is NNC(=S)Sc1ccccc1.[K]. The molecular formula is C7H8KN2S2. The van der Waals surface area contributed by atoms with E-state index < -0.39 is 0 Å². The van der Waals surface area contributed by atoms with E-state index in [9.17, 15) is 0 Å². The molecule has 1 rings (SSSR count). The van der Waals surface area contributed by atoms with Crippen molar-refractivity contribution in [2.24, 2.45) is 5.84 Å². The molecule has 1 aromatic rings. The molecule has 5 heteroatoms. The molecule has 0 aromatic heterocycles. The van der Waals surface area contributed by atoms with Crippen LogP contribution in [0.3, 0.4) is 0 Å². The fraction of sp³-hybridized carbons (Fsp3) is 0. The molecule has 2 nitrogen and oxygen atoms in total. The Bertz CT molecular complexity index is 240. The minimum atomic E-state index is 0. The summed E-state index contributed by atoms with van der Waals surface area (Å²) >= 11 is 6.30. The summed E-state index contributed by atoms with van der Waals surface area (Å²) in [6, 6.07) is 9.84. The Kier molecular flexibility index (Phi) is 8.12. The van der Waals surface area contributed by atoms with E-state index in [2.05, 4.69) is 5.43 Å². The molecule has 1 radical (unpaired) electrons. The van der Waals surface area contributed by atoms with Gasteiger partial charge in [0.1, 0.15) is 0 Å². The molecular weight excluding hydrogens is 215 g/mol. The number of nitrogens with two attached hydrogens (primary N) is 1. The van der Waals surface area contributed by atoms with Crippen LogP contribution in [0.4, 0.5) is 0 Å². The van der Waals surface area contributed by atoms with Crippen molar-refractivity contribution in [2.45, 2.75) is 4.90 Å². The largest absolute Gasteiger partial charge is 0.309 e. The molecule has 0 unspecified atom stereocenters. The Labute approximate surface area is 124 Å². The number of thiocarbonyl (C=S) groups is 1. The molecule has 1 aromatic carbocycles. The van der Waals surface area contributed by atoms with Crippen LogP contribution in [0.15, 0.2) is 35.2 Å². The van der Waals surface area contributed by atoms with E-state index in [1.165, 1.54) is 11.8 Å². The van der Waals surface area contributed by atoms with Gasteiger partial charge >= 0.3 is 0 Å². The number of hydrogen-bond donors (Lipinski definition) is 2. The number of hydrogen-bond acceptors (Lipinski definition) is 3. The summed E-state index contributed by atoms with van der Waals surface area (Å²) in [4.78, 5) is 1.09. The standard InChI is InChI=1S/C7H8N2S2.K/c8-9-7(10)11-6-4-2-1-3-5-6;/h1-5H,8H2,(H,9,10);. The molecule has 0 aliphatic carbocycles. The molecule has 3 N–H and O–H groups in total. The van der Waals surface area contributed by atoms with Gasteiger partial charge in [-0.2, -0.15) is 0 Å². The second kappa shape index (κ2) is 7.46. The predicted molar refractivity (Wildman–Crippen MR) is 58.0 cm³/mol.